The number of hydrogen-bond acceptors (Lipinski definition) is 1. The molecular weight excluding hydrogens is 393 g/mol. The third-order valence-electron chi connectivity index (χ3n) is 3.56. The van der Waals surface area contributed by atoms with E-state index in [9.17, 15) is 0 Å². The van der Waals surface area contributed by atoms with E-state index in [0.717, 1.165) is 20.7 Å². The summed E-state index contributed by atoms with van der Waals surface area (Å²) in [6, 6.07) is 17.1. The van der Waals surface area contributed by atoms with Crippen molar-refractivity contribution >= 4 is 39.9 Å². The molecule has 3 heteroatoms. The molecule has 0 spiro atoms. The van der Waals surface area contributed by atoms with E-state index >= 15 is 0 Å². The molecule has 1 unspecified atom stereocenters. The van der Waals surface area contributed by atoms with Gasteiger partial charge in [-0.05, 0) is 52.8 Å². The molecule has 2 aromatic carbocycles. The number of anilines is 1. The predicted molar refractivity (Wildman–Crippen MR) is 101 cm³/mol. The van der Waals surface area contributed by atoms with Crippen molar-refractivity contribution in [2.45, 2.75) is 38.6 Å². The number of nitrogens with one attached hydrogen (secondary N) is 1. The summed E-state index contributed by atoms with van der Waals surface area (Å²) >= 11 is 8.38. The predicted octanol–water partition coefficient (Wildman–Crippen LogP) is 6.68. The van der Waals surface area contributed by atoms with Crippen LogP contribution in [0.2, 0.25) is 5.02 Å². The van der Waals surface area contributed by atoms with Gasteiger partial charge >= 0.3 is 0 Å². The first-order chi connectivity index (χ1) is 10.2. The second kappa shape index (κ2) is 8.64. The zero-order valence-corrected chi connectivity index (χ0v) is 15.2. The maximum atomic E-state index is 6.04. The van der Waals surface area contributed by atoms with Gasteiger partial charge < -0.3 is 5.32 Å². The van der Waals surface area contributed by atoms with Gasteiger partial charge in [0.2, 0.25) is 0 Å². The van der Waals surface area contributed by atoms with E-state index in [0.29, 0.717) is 6.04 Å². The quantitative estimate of drug-likeness (QED) is 0.394. The van der Waals surface area contributed by atoms with Gasteiger partial charge in [0.05, 0.1) is 6.04 Å². The molecule has 0 bridgehead atoms. The lowest BCUT2D eigenvalue weighted by molar-refractivity contribution is 0.606. The van der Waals surface area contributed by atoms with Crippen molar-refractivity contribution in [2.24, 2.45) is 0 Å². The van der Waals surface area contributed by atoms with Gasteiger partial charge in [-0.25, -0.2) is 0 Å². The zero-order chi connectivity index (χ0) is 15.1. The van der Waals surface area contributed by atoms with Gasteiger partial charge in [-0.2, -0.15) is 0 Å². The first kappa shape index (κ1) is 16.6. The Morgan fingerprint density at radius 2 is 1.86 bits per heavy atom. The van der Waals surface area contributed by atoms with Crippen LogP contribution < -0.4 is 5.32 Å². The summed E-state index contributed by atoms with van der Waals surface area (Å²) in [4.78, 5) is 0. The molecule has 0 fully saturated rings. The Morgan fingerprint density at radius 1 is 1.10 bits per heavy atom. The van der Waals surface area contributed by atoms with E-state index in [1.54, 1.807) is 0 Å². The summed E-state index contributed by atoms with van der Waals surface area (Å²) < 4.78 is 1.16. The summed E-state index contributed by atoms with van der Waals surface area (Å²) in [5.74, 6) is 0. The van der Waals surface area contributed by atoms with Crippen molar-refractivity contribution in [2.75, 3.05) is 5.32 Å². The average molecular weight is 414 g/mol. The SMILES string of the molecule is CCCCCC(Nc1ccc(Cl)cc1I)c1ccccc1. The fourth-order valence-electron chi connectivity index (χ4n) is 2.40. The van der Waals surface area contributed by atoms with Gasteiger partial charge in [-0.3, -0.25) is 0 Å². The zero-order valence-electron chi connectivity index (χ0n) is 12.3. The van der Waals surface area contributed by atoms with Crippen LogP contribution in [-0.2, 0) is 0 Å². The Labute approximate surface area is 146 Å². The van der Waals surface area contributed by atoms with Crippen LogP contribution in [0.25, 0.3) is 0 Å². The van der Waals surface area contributed by atoms with Crippen LogP contribution in [0.4, 0.5) is 5.69 Å². The number of unbranched alkanes of at least 4 members (excludes halogenated alkanes) is 2. The maximum Gasteiger partial charge on any atom is 0.0514 e. The van der Waals surface area contributed by atoms with Crippen LogP contribution >= 0.6 is 34.2 Å². The lowest BCUT2D eigenvalue weighted by Gasteiger charge is -2.21. The van der Waals surface area contributed by atoms with Gasteiger partial charge in [-0.15, -0.1) is 0 Å². The summed E-state index contributed by atoms with van der Waals surface area (Å²) in [6.07, 6.45) is 4.92. The largest absolute Gasteiger partial charge is 0.377 e. The Hall–Kier alpha value is -0.740. The Bertz CT molecular complexity index is 556. The molecule has 0 heterocycles. The van der Waals surface area contributed by atoms with Crippen LogP contribution in [0.3, 0.4) is 0 Å². The summed E-state index contributed by atoms with van der Waals surface area (Å²) in [6.45, 7) is 2.24. The first-order valence-electron chi connectivity index (χ1n) is 7.47. The Kier molecular flexibility index (Phi) is 6.84. The number of rotatable bonds is 7. The fraction of sp³-hybridized carbons (Fsp3) is 0.333. The van der Waals surface area contributed by atoms with Crippen LogP contribution in [0, 0.1) is 3.57 Å². The number of halogens is 2. The summed E-state index contributed by atoms with van der Waals surface area (Å²) in [5.41, 5.74) is 2.50. The Balaban J connectivity index is 2.15. The van der Waals surface area contributed by atoms with Gasteiger partial charge in [0.25, 0.3) is 0 Å². The molecule has 0 aromatic heterocycles. The third-order valence-corrected chi connectivity index (χ3v) is 4.69. The van der Waals surface area contributed by atoms with E-state index in [1.165, 1.54) is 24.8 Å². The van der Waals surface area contributed by atoms with Crippen molar-refractivity contribution in [3.63, 3.8) is 0 Å². The lowest BCUT2D eigenvalue weighted by Crippen LogP contribution is -2.11. The summed E-state index contributed by atoms with van der Waals surface area (Å²) in [5, 5.41) is 4.47. The average Bonchev–Trinajstić information content (AvgIpc) is 2.49. The second-order valence-electron chi connectivity index (χ2n) is 5.23. The summed E-state index contributed by atoms with van der Waals surface area (Å²) in [7, 11) is 0. The molecular formula is C18H21ClIN. The first-order valence-corrected chi connectivity index (χ1v) is 8.93. The minimum absolute atomic E-state index is 0.354. The lowest BCUT2D eigenvalue weighted by atomic mass is 10.00. The van der Waals surface area contributed by atoms with Gasteiger partial charge in [-0.1, -0.05) is 68.1 Å². The molecule has 21 heavy (non-hydrogen) atoms. The van der Waals surface area contributed by atoms with E-state index in [4.69, 9.17) is 11.6 Å². The van der Waals surface area contributed by atoms with Crippen LogP contribution in [0.5, 0.6) is 0 Å². The van der Waals surface area contributed by atoms with E-state index in [2.05, 4.69) is 71.2 Å². The van der Waals surface area contributed by atoms with Crippen molar-refractivity contribution in [3.05, 3.63) is 62.7 Å². The van der Waals surface area contributed by atoms with Gasteiger partial charge in [0.1, 0.15) is 0 Å². The molecule has 112 valence electrons. The molecule has 0 saturated carbocycles. The molecule has 0 aliphatic heterocycles. The number of hydrogen-bond donors (Lipinski definition) is 1. The molecule has 0 radical (unpaired) electrons. The van der Waals surface area contributed by atoms with Crippen molar-refractivity contribution in [1.82, 2.24) is 0 Å². The molecule has 1 nitrogen and oxygen atoms in total. The normalized spacial score (nSPS) is 12.1. The molecule has 0 saturated heterocycles. The highest BCUT2D eigenvalue weighted by Crippen LogP contribution is 2.29. The van der Waals surface area contributed by atoms with Crippen molar-refractivity contribution in [3.8, 4) is 0 Å². The molecule has 2 rings (SSSR count). The van der Waals surface area contributed by atoms with Crippen LogP contribution in [0.1, 0.15) is 44.2 Å². The van der Waals surface area contributed by atoms with Crippen LogP contribution in [0.15, 0.2) is 48.5 Å². The molecule has 2 aromatic rings. The third kappa shape index (κ3) is 5.19. The smallest absolute Gasteiger partial charge is 0.0514 e. The minimum atomic E-state index is 0.354. The Morgan fingerprint density at radius 3 is 2.52 bits per heavy atom. The highest BCUT2D eigenvalue weighted by atomic mass is 127. The second-order valence-corrected chi connectivity index (χ2v) is 6.83. The molecule has 0 amide bonds. The topological polar surface area (TPSA) is 12.0 Å². The molecule has 0 aliphatic carbocycles. The van der Waals surface area contributed by atoms with E-state index in [-0.39, 0.29) is 0 Å². The molecule has 0 aliphatic rings. The molecule has 1 atom stereocenters. The van der Waals surface area contributed by atoms with Crippen molar-refractivity contribution < 1.29 is 0 Å². The number of benzene rings is 2. The van der Waals surface area contributed by atoms with E-state index < -0.39 is 0 Å². The maximum absolute atomic E-state index is 6.04. The molecule has 1 N–H and O–H groups in total. The van der Waals surface area contributed by atoms with Gasteiger partial charge in [0.15, 0.2) is 0 Å². The minimum Gasteiger partial charge on any atom is -0.377 e. The van der Waals surface area contributed by atoms with Crippen LogP contribution in [-0.4, -0.2) is 0 Å². The highest BCUT2D eigenvalue weighted by molar-refractivity contribution is 14.1. The van der Waals surface area contributed by atoms with Gasteiger partial charge in [0, 0.05) is 14.3 Å². The fourth-order valence-corrected chi connectivity index (χ4v) is 3.43. The monoisotopic (exact) mass is 413 g/mol. The van der Waals surface area contributed by atoms with E-state index in [1.807, 2.05) is 12.1 Å². The standard InChI is InChI=1S/C18H21ClIN/c1-2-3-5-10-17(14-8-6-4-7-9-14)21-18-12-11-15(19)13-16(18)20/h4,6-9,11-13,17,21H,2-3,5,10H2,1H3. The highest BCUT2D eigenvalue weighted by Gasteiger charge is 2.12. The van der Waals surface area contributed by atoms with Crippen molar-refractivity contribution in [1.29, 1.82) is 0 Å².